The Morgan fingerprint density at radius 2 is 1.50 bits per heavy atom. The standard InChI is InChI=1S/C26H37N3O3/c1-5-6-7-8-9-16-32-23-15-11-12-20(18-23)27-19-24(30)28-21-13-10-14-22(17-21)29-25(31)26(2,3)4/h10-15,17-18,27H,5-9,16,19H2,1-4H3,(H,28,30)(H,29,31). The summed E-state index contributed by atoms with van der Waals surface area (Å²) >= 11 is 0. The molecule has 6 heteroatoms. The number of benzene rings is 2. The Balaban J connectivity index is 1.79. The quantitative estimate of drug-likeness (QED) is 0.351. The fourth-order valence-electron chi connectivity index (χ4n) is 2.97. The number of amides is 2. The fourth-order valence-corrected chi connectivity index (χ4v) is 2.97. The molecule has 0 fully saturated rings. The highest BCUT2D eigenvalue weighted by molar-refractivity contribution is 5.97. The van der Waals surface area contributed by atoms with Crippen LogP contribution in [0, 0.1) is 5.41 Å². The van der Waals surface area contributed by atoms with E-state index in [1.54, 1.807) is 24.3 Å². The van der Waals surface area contributed by atoms with Crippen molar-refractivity contribution < 1.29 is 14.3 Å². The summed E-state index contributed by atoms with van der Waals surface area (Å²) in [4.78, 5) is 24.5. The zero-order valence-electron chi connectivity index (χ0n) is 19.8. The highest BCUT2D eigenvalue weighted by Crippen LogP contribution is 2.21. The summed E-state index contributed by atoms with van der Waals surface area (Å²) in [5.41, 5.74) is 1.62. The molecule has 0 aliphatic heterocycles. The zero-order valence-corrected chi connectivity index (χ0v) is 19.8. The minimum Gasteiger partial charge on any atom is -0.494 e. The molecule has 0 spiro atoms. The molecule has 0 aliphatic carbocycles. The van der Waals surface area contributed by atoms with Gasteiger partial charge in [-0.3, -0.25) is 9.59 Å². The summed E-state index contributed by atoms with van der Waals surface area (Å²) < 4.78 is 5.82. The Morgan fingerprint density at radius 1 is 0.844 bits per heavy atom. The van der Waals surface area contributed by atoms with Gasteiger partial charge in [-0.2, -0.15) is 0 Å². The molecule has 2 rings (SSSR count). The van der Waals surface area contributed by atoms with Gasteiger partial charge in [0.1, 0.15) is 5.75 Å². The molecule has 0 unspecified atom stereocenters. The van der Waals surface area contributed by atoms with Gasteiger partial charge in [0.15, 0.2) is 0 Å². The van der Waals surface area contributed by atoms with Crippen LogP contribution < -0.4 is 20.7 Å². The van der Waals surface area contributed by atoms with Gasteiger partial charge in [-0.05, 0) is 36.8 Å². The van der Waals surface area contributed by atoms with Crippen molar-refractivity contribution in [1.29, 1.82) is 0 Å². The molecule has 2 aromatic carbocycles. The summed E-state index contributed by atoms with van der Waals surface area (Å²) in [6, 6.07) is 14.8. The predicted molar refractivity (Wildman–Crippen MR) is 132 cm³/mol. The smallest absolute Gasteiger partial charge is 0.243 e. The van der Waals surface area contributed by atoms with Gasteiger partial charge in [0, 0.05) is 28.5 Å². The van der Waals surface area contributed by atoms with Gasteiger partial charge in [-0.25, -0.2) is 0 Å². The summed E-state index contributed by atoms with van der Waals surface area (Å²) in [5, 5.41) is 8.85. The molecule has 6 nitrogen and oxygen atoms in total. The van der Waals surface area contributed by atoms with Gasteiger partial charge in [0.2, 0.25) is 11.8 Å². The number of hydrogen-bond donors (Lipinski definition) is 3. The topological polar surface area (TPSA) is 79.5 Å². The summed E-state index contributed by atoms with van der Waals surface area (Å²) in [7, 11) is 0. The molecule has 32 heavy (non-hydrogen) atoms. The van der Waals surface area contributed by atoms with E-state index in [0.717, 1.165) is 17.9 Å². The van der Waals surface area contributed by atoms with Crippen LogP contribution in [0.2, 0.25) is 0 Å². The SMILES string of the molecule is CCCCCCCOc1cccc(NCC(=O)Nc2cccc(NC(=O)C(C)(C)C)c2)c1. The molecular weight excluding hydrogens is 402 g/mol. The Kier molecular flexibility index (Phi) is 10.1. The number of anilines is 3. The monoisotopic (exact) mass is 439 g/mol. The van der Waals surface area contributed by atoms with Crippen molar-refractivity contribution in [2.45, 2.75) is 59.8 Å². The van der Waals surface area contributed by atoms with Crippen molar-refractivity contribution in [2.24, 2.45) is 5.41 Å². The van der Waals surface area contributed by atoms with Gasteiger partial charge in [-0.1, -0.05) is 65.5 Å². The van der Waals surface area contributed by atoms with Crippen molar-refractivity contribution in [3.63, 3.8) is 0 Å². The number of nitrogens with one attached hydrogen (secondary N) is 3. The largest absolute Gasteiger partial charge is 0.494 e. The van der Waals surface area contributed by atoms with E-state index >= 15 is 0 Å². The fraction of sp³-hybridized carbons (Fsp3) is 0.462. The Labute approximate surface area is 192 Å². The molecule has 0 saturated heterocycles. The molecule has 0 aromatic heterocycles. The molecule has 0 bridgehead atoms. The Bertz CT molecular complexity index is 875. The van der Waals surface area contributed by atoms with Crippen molar-refractivity contribution in [2.75, 3.05) is 29.1 Å². The van der Waals surface area contributed by atoms with Gasteiger partial charge in [-0.15, -0.1) is 0 Å². The number of unbranched alkanes of at least 4 members (excludes halogenated alkanes) is 4. The second kappa shape index (κ2) is 12.7. The van der Waals surface area contributed by atoms with Crippen LogP contribution >= 0.6 is 0 Å². The molecule has 174 valence electrons. The van der Waals surface area contributed by atoms with Crippen molar-refractivity contribution in [3.8, 4) is 5.75 Å². The second-order valence-electron chi connectivity index (χ2n) is 8.98. The maximum Gasteiger partial charge on any atom is 0.243 e. The Morgan fingerprint density at radius 3 is 2.22 bits per heavy atom. The second-order valence-corrected chi connectivity index (χ2v) is 8.98. The van der Waals surface area contributed by atoms with E-state index in [1.165, 1.54) is 25.7 Å². The number of hydrogen-bond acceptors (Lipinski definition) is 4. The highest BCUT2D eigenvalue weighted by atomic mass is 16.5. The average Bonchev–Trinajstić information content (AvgIpc) is 2.75. The third-order valence-electron chi connectivity index (χ3n) is 4.89. The molecule has 0 saturated carbocycles. The lowest BCUT2D eigenvalue weighted by atomic mass is 9.95. The van der Waals surface area contributed by atoms with Crippen molar-refractivity contribution in [1.82, 2.24) is 0 Å². The maximum absolute atomic E-state index is 12.4. The normalized spacial score (nSPS) is 11.0. The van der Waals surface area contributed by atoms with Crippen molar-refractivity contribution in [3.05, 3.63) is 48.5 Å². The number of carbonyl (C=O) groups excluding carboxylic acids is 2. The predicted octanol–water partition coefficient (Wildman–Crippen LogP) is 6.07. The van der Waals surface area contributed by atoms with E-state index in [2.05, 4.69) is 22.9 Å². The van der Waals surface area contributed by atoms with Crippen LogP contribution in [0.15, 0.2) is 48.5 Å². The first-order valence-electron chi connectivity index (χ1n) is 11.5. The lowest BCUT2D eigenvalue weighted by Gasteiger charge is -2.18. The molecule has 3 N–H and O–H groups in total. The van der Waals surface area contributed by atoms with Crippen LogP contribution in [0.25, 0.3) is 0 Å². The lowest BCUT2D eigenvalue weighted by Crippen LogP contribution is -2.27. The van der Waals surface area contributed by atoms with Gasteiger partial charge in [0.05, 0.1) is 13.2 Å². The lowest BCUT2D eigenvalue weighted by molar-refractivity contribution is -0.123. The molecular formula is C26H37N3O3. The molecule has 0 aliphatic rings. The average molecular weight is 440 g/mol. The molecule has 0 atom stereocenters. The minimum absolute atomic E-state index is 0.0781. The maximum atomic E-state index is 12.4. The van der Waals surface area contributed by atoms with Gasteiger partial charge < -0.3 is 20.7 Å². The third-order valence-corrected chi connectivity index (χ3v) is 4.89. The van der Waals surface area contributed by atoms with Crippen LogP contribution in [0.4, 0.5) is 17.1 Å². The summed E-state index contributed by atoms with van der Waals surface area (Å²) in [5.74, 6) is 0.547. The molecule has 2 amide bonds. The van der Waals surface area contributed by atoms with Gasteiger partial charge >= 0.3 is 0 Å². The van der Waals surface area contributed by atoms with Crippen LogP contribution in [0.3, 0.4) is 0 Å². The van der Waals surface area contributed by atoms with E-state index in [9.17, 15) is 9.59 Å². The van der Waals surface area contributed by atoms with Crippen LogP contribution in [0.5, 0.6) is 5.75 Å². The number of rotatable bonds is 12. The van der Waals surface area contributed by atoms with Crippen molar-refractivity contribution >= 4 is 28.9 Å². The van der Waals surface area contributed by atoms with Crippen LogP contribution in [0.1, 0.15) is 59.8 Å². The van der Waals surface area contributed by atoms with E-state index in [4.69, 9.17) is 4.74 Å². The number of carbonyl (C=O) groups is 2. The third kappa shape index (κ3) is 9.41. The minimum atomic E-state index is -0.490. The molecule has 0 heterocycles. The summed E-state index contributed by atoms with van der Waals surface area (Å²) in [6.45, 7) is 8.60. The van der Waals surface area contributed by atoms with E-state index in [-0.39, 0.29) is 18.4 Å². The summed E-state index contributed by atoms with van der Waals surface area (Å²) in [6.07, 6.45) is 6.00. The molecule has 0 radical (unpaired) electrons. The zero-order chi connectivity index (χ0) is 23.4. The highest BCUT2D eigenvalue weighted by Gasteiger charge is 2.21. The van der Waals surface area contributed by atoms with Gasteiger partial charge in [0.25, 0.3) is 0 Å². The Hall–Kier alpha value is -3.02. The van der Waals surface area contributed by atoms with Crippen LogP contribution in [-0.4, -0.2) is 25.0 Å². The van der Waals surface area contributed by atoms with E-state index in [1.807, 2.05) is 45.0 Å². The first-order chi connectivity index (χ1) is 15.3. The van der Waals surface area contributed by atoms with E-state index < -0.39 is 5.41 Å². The van der Waals surface area contributed by atoms with Crippen LogP contribution in [-0.2, 0) is 9.59 Å². The van der Waals surface area contributed by atoms with E-state index in [0.29, 0.717) is 18.0 Å². The molecule has 2 aromatic rings. The first kappa shape index (κ1) is 25.2. The first-order valence-corrected chi connectivity index (χ1v) is 11.5. The number of ether oxygens (including phenoxy) is 1.